The first-order valence-corrected chi connectivity index (χ1v) is 8.66. The minimum Gasteiger partial charge on any atom is -0.493 e. The van der Waals surface area contributed by atoms with Gasteiger partial charge >= 0.3 is 11.9 Å². The summed E-state index contributed by atoms with van der Waals surface area (Å²) in [5.41, 5.74) is 3.72. The first-order chi connectivity index (χ1) is 13.4. The first kappa shape index (κ1) is 21.0. The molecule has 0 amide bonds. The SMILES string of the molecule is COc1ccc(-c2ccc3n2CCNC3C)cc1OC.O=C(O)C=CC(=O)O. The molecule has 150 valence electrons. The van der Waals surface area contributed by atoms with Crippen molar-refractivity contribution in [2.75, 3.05) is 20.8 Å². The van der Waals surface area contributed by atoms with Crippen LogP contribution in [0.2, 0.25) is 0 Å². The molecule has 0 bridgehead atoms. The number of ether oxygens (including phenoxy) is 2. The molecule has 0 fully saturated rings. The summed E-state index contributed by atoms with van der Waals surface area (Å²) < 4.78 is 13.1. The Morgan fingerprint density at radius 3 is 2.29 bits per heavy atom. The molecule has 1 aromatic heterocycles. The Balaban J connectivity index is 0.000000300. The molecule has 1 aliphatic heterocycles. The third kappa shape index (κ3) is 5.14. The van der Waals surface area contributed by atoms with E-state index in [1.54, 1.807) is 14.2 Å². The monoisotopic (exact) mass is 388 g/mol. The van der Waals surface area contributed by atoms with Crippen molar-refractivity contribution in [3.05, 3.63) is 48.2 Å². The molecular weight excluding hydrogens is 364 g/mol. The number of benzene rings is 1. The largest absolute Gasteiger partial charge is 0.493 e. The van der Waals surface area contributed by atoms with Crippen LogP contribution in [0.5, 0.6) is 11.5 Å². The van der Waals surface area contributed by atoms with Crippen LogP contribution in [0.25, 0.3) is 11.3 Å². The molecule has 2 heterocycles. The van der Waals surface area contributed by atoms with E-state index in [4.69, 9.17) is 19.7 Å². The molecule has 0 saturated heterocycles. The molecule has 0 spiro atoms. The molecule has 1 aliphatic rings. The maximum Gasteiger partial charge on any atom is 0.328 e. The quantitative estimate of drug-likeness (QED) is 0.675. The van der Waals surface area contributed by atoms with Crippen LogP contribution < -0.4 is 14.8 Å². The van der Waals surface area contributed by atoms with Crippen molar-refractivity contribution in [2.45, 2.75) is 19.5 Å². The van der Waals surface area contributed by atoms with Crippen LogP contribution in [0.4, 0.5) is 0 Å². The van der Waals surface area contributed by atoms with Gasteiger partial charge in [0.1, 0.15) is 0 Å². The van der Waals surface area contributed by atoms with Crippen LogP contribution in [0.3, 0.4) is 0 Å². The van der Waals surface area contributed by atoms with Gasteiger partial charge in [-0.2, -0.15) is 0 Å². The van der Waals surface area contributed by atoms with E-state index >= 15 is 0 Å². The van der Waals surface area contributed by atoms with Crippen LogP contribution in [-0.4, -0.2) is 47.5 Å². The van der Waals surface area contributed by atoms with Crippen molar-refractivity contribution >= 4 is 11.9 Å². The fraction of sp³-hybridized carbons (Fsp3) is 0.300. The Labute approximate surface area is 163 Å². The zero-order valence-corrected chi connectivity index (χ0v) is 16.0. The maximum absolute atomic E-state index is 9.55. The van der Waals surface area contributed by atoms with Gasteiger partial charge in [0.15, 0.2) is 11.5 Å². The highest BCUT2D eigenvalue weighted by Crippen LogP contribution is 2.34. The molecule has 8 nitrogen and oxygen atoms in total. The fourth-order valence-electron chi connectivity index (χ4n) is 3.00. The molecular formula is C20H24N2O6. The van der Waals surface area contributed by atoms with E-state index in [2.05, 4.69) is 35.0 Å². The first-order valence-electron chi connectivity index (χ1n) is 8.66. The number of aromatic nitrogens is 1. The Morgan fingerprint density at radius 1 is 1.07 bits per heavy atom. The lowest BCUT2D eigenvalue weighted by molar-refractivity contribution is -0.134. The molecule has 8 heteroatoms. The average molecular weight is 388 g/mol. The van der Waals surface area contributed by atoms with Crippen LogP contribution in [0, 0.1) is 0 Å². The summed E-state index contributed by atoms with van der Waals surface area (Å²) in [6, 6.07) is 10.9. The number of aliphatic carboxylic acids is 2. The fourth-order valence-corrected chi connectivity index (χ4v) is 3.00. The normalized spacial score (nSPS) is 15.3. The second-order valence-electron chi connectivity index (χ2n) is 6.05. The summed E-state index contributed by atoms with van der Waals surface area (Å²) in [6.45, 7) is 4.20. The molecule has 0 saturated carbocycles. The zero-order chi connectivity index (χ0) is 20.7. The minimum atomic E-state index is -1.26. The summed E-state index contributed by atoms with van der Waals surface area (Å²) in [5, 5.41) is 19.1. The van der Waals surface area contributed by atoms with E-state index in [-0.39, 0.29) is 0 Å². The van der Waals surface area contributed by atoms with Crippen molar-refractivity contribution in [1.29, 1.82) is 0 Å². The Bertz CT molecular complexity index is 856. The highest BCUT2D eigenvalue weighted by atomic mass is 16.5. The van der Waals surface area contributed by atoms with Gasteiger partial charge in [-0.15, -0.1) is 0 Å². The molecule has 0 radical (unpaired) electrons. The van der Waals surface area contributed by atoms with Gasteiger partial charge in [-0.25, -0.2) is 9.59 Å². The summed E-state index contributed by atoms with van der Waals surface area (Å²) >= 11 is 0. The Morgan fingerprint density at radius 2 is 1.71 bits per heavy atom. The summed E-state index contributed by atoms with van der Waals surface area (Å²) in [4.78, 5) is 19.1. The zero-order valence-electron chi connectivity index (χ0n) is 16.0. The van der Waals surface area contributed by atoms with Crippen LogP contribution in [0.1, 0.15) is 18.7 Å². The number of hydrogen-bond acceptors (Lipinski definition) is 5. The van der Waals surface area contributed by atoms with E-state index in [1.165, 1.54) is 11.4 Å². The van der Waals surface area contributed by atoms with E-state index in [0.29, 0.717) is 18.2 Å². The third-order valence-electron chi connectivity index (χ3n) is 4.29. The number of carboxylic acids is 2. The number of carboxylic acid groups (broad SMARTS) is 2. The average Bonchev–Trinajstić information content (AvgIpc) is 3.12. The van der Waals surface area contributed by atoms with Gasteiger partial charge in [0.05, 0.1) is 14.2 Å². The van der Waals surface area contributed by atoms with Crippen LogP contribution in [-0.2, 0) is 16.1 Å². The Kier molecular flexibility index (Phi) is 7.22. The van der Waals surface area contributed by atoms with Gasteiger partial charge in [-0.3, -0.25) is 0 Å². The van der Waals surface area contributed by atoms with Crippen molar-refractivity contribution < 1.29 is 29.3 Å². The molecule has 1 atom stereocenters. The lowest BCUT2D eigenvalue weighted by Gasteiger charge is -2.25. The molecule has 0 aliphatic carbocycles. The predicted octanol–water partition coefficient (Wildman–Crippen LogP) is 2.55. The van der Waals surface area contributed by atoms with E-state index < -0.39 is 11.9 Å². The van der Waals surface area contributed by atoms with Gasteiger partial charge in [0.25, 0.3) is 0 Å². The molecule has 3 rings (SSSR count). The van der Waals surface area contributed by atoms with Crippen molar-refractivity contribution in [3.8, 4) is 22.8 Å². The standard InChI is InChI=1S/C16H20N2O2.C4H4O4/c1-11-13-5-6-14(18(13)9-8-17-11)12-4-7-15(19-2)16(10-12)20-3;5-3(6)1-2-4(7)8/h4-7,10-11,17H,8-9H2,1-3H3;1-2H,(H,5,6)(H,7,8). The van der Waals surface area contributed by atoms with Gasteiger partial charge in [0.2, 0.25) is 0 Å². The minimum absolute atomic E-state index is 0.401. The second-order valence-corrected chi connectivity index (χ2v) is 6.05. The number of rotatable bonds is 5. The molecule has 1 unspecified atom stereocenters. The topological polar surface area (TPSA) is 110 Å². The number of fused-ring (bicyclic) bond motifs is 1. The number of nitrogens with zero attached hydrogens (tertiary/aromatic N) is 1. The highest BCUT2D eigenvalue weighted by molar-refractivity contribution is 5.89. The smallest absolute Gasteiger partial charge is 0.328 e. The van der Waals surface area contributed by atoms with Crippen molar-refractivity contribution in [3.63, 3.8) is 0 Å². The van der Waals surface area contributed by atoms with Crippen LogP contribution >= 0.6 is 0 Å². The second kappa shape index (κ2) is 9.61. The van der Waals surface area contributed by atoms with Crippen LogP contribution in [0.15, 0.2) is 42.5 Å². The number of hydrogen-bond donors (Lipinski definition) is 3. The highest BCUT2D eigenvalue weighted by Gasteiger charge is 2.19. The van der Waals surface area contributed by atoms with Gasteiger partial charge in [-0.1, -0.05) is 0 Å². The van der Waals surface area contributed by atoms with Crippen molar-refractivity contribution in [2.24, 2.45) is 0 Å². The van der Waals surface area contributed by atoms with Gasteiger partial charge in [-0.05, 0) is 37.3 Å². The van der Waals surface area contributed by atoms with E-state index in [9.17, 15) is 9.59 Å². The Hall–Kier alpha value is -3.26. The summed E-state index contributed by atoms with van der Waals surface area (Å²) in [6.07, 6.45) is 1.12. The lowest BCUT2D eigenvalue weighted by Crippen LogP contribution is -2.31. The molecule has 1 aromatic carbocycles. The molecule has 3 N–H and O–H groups in total. The number of methoxy groups -OCH3 is 2. The van der Waals surface area contributed by atoms with Gasteiger partial charge < -0.3 is 29.6 Å². The summed E-state index contributed by atoms with van der Waals surface area (Å²) in [7, 11) is 3.32. The van der Waals surface area contributed by atoms with E-state index in [0.717, 1.165) is 30.2 Å². The van der Waals surface area contributed by atoms with Gasteiger partial charge in [0, 0.05) is 48.2 Å². The molecule has 28 heavy (non-hydrogen) atoms. The van der Waals surface area contributed by atoms with Crippen molar-refractivity contribution in [1.82, 2.24) is 9.88 Å². The maximum atomic E-state index is 9.55. The third-order valence-corrected chi connectivity index (χ3v) is 4.29. The molecule has 2 aromatic rings. The number of nitrogens with one attached hydrogen (secondary N) is 1. The lowest BCUT2D eigenvalue weighted by atomic mass is 10.1. The number of carbonyl (C=O) groups is 2. The predicted molar refractivity (Wildman–Crippen MR) is 104 cm³/mol. The van der Waals surface area contributed by atoms with E-state index in [1.807, 2.05) is 12.1 Å². The summed E-state index contributed by atoms with van der Waals surface area (Å²) in [5.74, 6) is -0.987.